The third kappa shape index (κ3) is 3.87. The number of ether oxygens (including phenoxy) is 1. The van der Waals surface area contributed by atoms with Crippen LogP contribution in [0.15, 0.2) is 36.7 Å². The molecule has 1 aromatic carbocycles. The Hall–Kier alpha value is -2.41. The zero-order chi connectivity index (χ0) is 16.1. The van der Waals surface area contributed by atoms with Crippen LogP contribution in [0.2, 0.25) is 0 Å². The molecular weight excluding hydrogens is 299 g/mol. The smallest absolute Gasteiger partial charge is 0.251 e. The van der Waals surface area contributed by atoms with Crippen molar-refractivity contribution in [2.45, 2.75) is 6.54 Å². The third-order valence-electron chi connectivity index (χ3n) is 3.75. The van der Waals surface area contributed by atoms with Crippen LogP contribution in [0.4, 0.5) is 10.1 Å². The molecule has 1 amide bonds. The van der Waals surface area contributed by atoms with Crippen molar-refractivity contribution in [2.75, 3.05) is 37.7 Å². The van der Waals surface area contributed by atoms with Crippen LogP contribution >= 0.6 is 0 Å². The molecule has 2 aromatic rings. The normalized spacial score (nSPS) is 14.7. The Balaban J connectivity index is 1.58. The van der Waals surface area contributed by atoms with Crippen molar-refractivity contribution in [3.63, 3.8) is 0 Å². The maximum Gasteiger partial charge on any atom is 0.251 e. The number of halogens is 1. The quantitative estimate of drug-likeness (QED) is 0.902. The van der Waals surface area contributed by atoms with Crippen LogP contribution in [0.25, 0.3) is 0 Å². The maximum atomic E-state index is 14.3. The van der Waals surface area contributed by atoms with Crippen molar-refractivity contribution < 1.29 is 13.9 Å². The van der Waals surface area contributed by atoms with E-state index in [9.17, 15) is 9.18 Å². The van der Waals surface area contributed by atoms with Gasteiger partial charge in [-0.3, -0.25) is 9.48 Å². The van der Waals surface area contributed by atoms with E-state index in [0.717, 1.165) is 0 Å². The number of rotatable bonds is 5. The first kappa shape index (κ1) is 15.5. The van der Waals surface area contributed by atoms with Gasteiger partial charge >= 0.3 is 0 Å². The number of carbonyl (C=O) groups is 1. The predicted molar refractivity (Wildman–Crippen MR) is 84.0 cm³/mol. The van der Waals surface area contributed by atoms with Crippen molar-refractivity contribution in [3.05, 3.63) is 48.0 Å². The van der Waals surface area contributed by atoms with Crippen LogP contribution in [0, 0.1) is 5.82 Å². The lowest BCUT2D eigenvalue weighted by Gasteiger charge is -2.29. The van der Waals surface area contributed by atoms with Gasteiger partial charge in [0.2, 0.25) is 0 Å². The molecule has 23 heavy (non-hydrogen) atoms. The summed E-state index contributed by atoms with van der Waals surface area (Å²) in [6, 6.07) is 6.41. The van der Waals surface area contributed by atoms with Gasteiger partial charge in [-0.25, -0.2) is 4.39 Å². The summed E-state index contributed by atoms with van der Waals surface area (Å²) in [6.45, 7) is 3.52. The van der Waals surface area contributed by atoms with E-state index >= 15 is 0 Å². The zero-order valence-corrected chi connectivity index (χ0v) is 12.7. The molecule has 1 aliphatic rings. The van der Waals surface area contributed by atoms with Crippen molar-refractivity contribution >= 4 is 11.6 Å². The van der Waals surface area contributed by atoms with Crippen molar-refractivity contribution in [3.8, 4) is 0 Å². The molecule has 1 fully saturated rings. The molecule has 7 heteroatoms. The SMILES string of the molecule is O=C(NCCn1cccn1)c1ccc(N2CCOCC2)c(F)c1. The van der Waals surface area contributed by atoms with Gasteiger partial charge in [-0.1, -0.05) is 0 Å². The second kappa shape index (κ2) is 7.23. The topological polar surface area (TPSA) is 59.4 Å². The molecule has 2 heterocycles. The standard InChI is InChI=1S/C16H19FN4O2/c17-14-12-13(2-3-15(14)20-8-10-23-11-9-20)16(22)18-5-7-21-6-1-4-19-21/h1-4,6,12H,5,7-11H2,(H,18,22). The van der Waals surface area contributed by atoms with Crippen LogP contribution < -0.4 is 10.2 Å². The fourth-order valence-corrected chi connectivity index (χ4v) is 2.53. The van der Waals surface area contributed by atoms with Crippen LogP contribution in [-0.2, 0) is 11.3 Å². The molecule has 0 radical (unpaired) electrons. The molecule has 1 N–H and O–H groups in total. The molecular formula is C16H19FN4O2. The molecule has 1 aromatic heterocycles. The van der Waals surface area contributed by atoms with Crippen LogP contribution in [0.1, 0.15) is 10.4 Å². The number of anilines is 1. The second-order valence-corrected chi connectivity index (χ2v) is 5.29. The van der Waals surface area contributed by atoms with Gasteiger partial charge in [0.1, 0.15) is 5.82 Å². The van der Waals surface area contributed by atoms with Gasteiger partial charge in [0.25, 0.3) is 5.91 Å². The Kier molecular flexibility index (Phi) is 4.87. The summed E-state index contributed by atoms with van der Waals surface area (Å²) in [5, 5.41) is 6.82. The number of nitrogens with one attached hydrogen (secondary N) is 1. The van der Waals surface area contributed by atoms with E-state index in [4.69, 9.17) is 4.74 Å². The summed E-state index contributed by atoms with van der Waals surface area (Å²) in [4.78, 5) is 14.0. The van der Waals surface area contributed by atoms with Crippen LogP contribution in [-0.4, -0.2) is 48.5 Å². The van der Waals surface area contributed by atoms with E-state index < -0.39 is 0 Å². The van der Waals surface area contributed by atoms with Gasteiger partial charge in [-0.2, -0.15) is 5.10 Å². The van der Waals surface area contributed by atoms with E-state index in [1.54, 1.807) is 23.0 Å². The largest absolute Gasteiger partial charge is 0.378 e. The molecule has 3 rings (SSSR count). The molecule has 1 saturated heterocycles. The first-order valence-electron chi connectivity index (χ1n) is 7.62. The average Bonchev–Trinajstić information content (AvgIpc) is 3.09. The maximum absolute atomic E-state index is 14.3. The highest BCUT2D eigenvalue weighted by Crippen LogP contribution is 2.21. The molecule has 122 valence electrons. The number of amides is 1. The van der Waals surface area contributed by atoms with E-state index in [1.165, 1.54) is 6.07 Å². The average molecular weight is 318 g/mol. The number of nitrogens with zero attached hydrogens (tertiary/aromatic N) is 3. The summed E-state index contributed by atoms with van der Waals surface area (Å²) >= 11 is 0. The summed E-state index contributed by atoms with van der Waals surface area (Å²) in [6.07, 6.45) is 3.50. The van der Waals surface area contributed by atoms with Gasteiger partial charge in [-0.05, 0) is 24.3 Å². The van der Waals surface area contributed by atoms with Gasteiger partial charge < -0.3 is 15.0 Å². The first-order valence-corrected chi connectivity index (χ1v) is 7.62. The third-order valence-corrected chi connectivity index (χ3v) is 3.75. The van der Waals surface area contributed by atoms with Crippen LogP contribution in [0.5, 0.6) is 0 Å². The molecule has 0 saturated carbocycles. The van der Waals surface area contributed by atoms with E-state index in [-0.39, 0.29) is 11.7 Å². The van der Waals surface area contributed by atoms with E-state index in [2.05, 4.69) is 10.4 Å². The Bertz CT molecular complexity index is 654. The fourth-order valence-electron chi connectivity index (χ4n) is 2.53. The number of aromatic nitrogens is 2. The number of hydrogen-bond donors (Lipinski definition) is 1. The van der Waals surface area contributed by atoms with Crippen molar-refractivity contribution in [2.24, 2.45) is 0 Å². The molecule has 0 aliphatic carbocycles. The Morgan fingerprint density at radius 2 is 2.17 bits per heavy atom. The van der Waals surface area contributed by atoms with Gasteiger partial charge in [0.05, 0.1) is 25.4 Å². The lowest BCUT2D eigenvalue weighted by Crippen LogP contribution is -2.36. The Morgan fingerprint density at radius 3 is 2.87 bits per heavy atom. The molecule has 1 aliphatic heterocycles. The minimum Gasteiger partial charge on any atom is -0.378 e. The first-order chi connectivity index (χ1) is 11.2. The highest BCUT2D eigenvalue weighted by molar-refractivity contribution is 5.94. The second-order valence-electron chi connectivity index (χ2n) is 5.29. The molecule has 6 nitrogen and oxygen atoms in total. The molecule has 0 unspecified atom stereocenters. The van der Waals surface area contributed by atoms with Crippen LogP contribution in [0.3, 0.4) is 0 Å². The molecule has 0 bridgehead atoms. The highest BCUT2D eigenvalue weighted by Gasteiger charge is 2.16. The number of hydrogen-bond acceptors (Lipinski definition) is 4. The summed E-state index contributed by atoms with van der Waals surface area (Å²) in [7, 11) is 0. The van der Waals surface area contributed by atoms with Gasteiger partial charge in [-0.15, -0.1) is 0 Å². The number of carbonyl (C=O) groups excluding carboxylic acids is 1. The fraction of sp³-hybridized carbons (Fsp3) is 0.375. The lowest BCUT2D eigenvalue weighted by molar-refractivity contribution is 0.0951. The lowest BCUT2D eigenvalue weighted by atomic mass is 10.1. The van der Waals surface area contributed by atoms with Gasteiger partial charge in [0, 0.05) is 37.6 Å². The van der Waals surface area contributed by atoms with Crippen molar-refractivity contribution in [1.29, 1.82) is 0 Å². The van der Waals surface area contributed by atoms with Gasteiger partial charge in [0.15, 0.2) is 0 Å². The Labute approximate surface area is 133 Å². The van der Waals surface area contributed by atoms with E-state index in [1.807, 2.05) is 17.2 Å². The van der Waals surface area contributed by atoms with Crippen molar-refractivity contribution in [1.82, 2.24) is 15.1 Å². The monoisotopic (exact) mass is 318 g/mol. The molecule has 0 atom stereocenters. The summed E-state index contributed by atoms with van der Waals surface area (Å²) in [5.41, 5.74) is 0.835. The molecule has 0 spiro atoms. The predicted octanol–water partition coefficient (Wildman–Crippen LogP) is 1.29. The number of benzene rings is 1. The summed E-state index contributed by atoms with van der Waals surface area (Å²) < 4.78 is 21.3. The Morgan fingerprint density at radius 1 is 1.35 bits per heavy atom. The zero-order valence-electron chi connectivity index (χ0n) is 12.7. The summed E-state index contributed by atoms with van der Waals surface area (Å²) in [5.74, 6) is -0.670. The minimum atomic E-state index is -0.383. The highest BCUT2D eigenvalue weighted by atomic mass is 19.1. The minimum absolute atomic E-state index is 0.287. The van der Waals surface area contributed by atoms with E-state index in [0.29, 0.717) is 50.6 Å². The number of morpholine rings is 1.